The molecule has 2 aromatic heterocycles. The number of carbonyl (C=O) groups is 1. The molecule has 0 aliphatic carbocycles. The lowest BCUT2D eigenvalue weighted by molar-refractivity contribution is -0.383. The molecule has 1 aromatic carbocycles. The number of amides is 1. The highest BCUT2D eigenvalue weighted by molar-refractivity contribution is 7.99. The van der Waals surface area contributed by atoms with E-state index in [0.717, 1.165) is 13.0 Å². The zero-order chi connectivity index (χ0) is 18.4. The number of carbonyl (C=O) groups excluding carboxylic acids is 1. The van der Waals surface area contributed by atoms with Gasteiger partial charge in [-0.1, -0.05) is 30.0 Å². The van der Waals surface area contributed by atoms with Crippen molar-refractivity contribution in [3.63, 3.8) is 0 Å². The number of nitro benzene ring substituents is 1. The summed E-state index contributed by atoms with van der Waals surface area (Å²) < 4.78 is 1.89. The monoisotopic (exact) mass is 389 g/mol. The molecule has 0 unspecified atom stereocenters. The summed E-state index contributed by atoms with van der Waals surface area (Å²) in [5.41, 5.74) is 0.0484. The van der Waals surface area contributed by atoms with Gasteiger partial charge in [0.2, 0.25) is 5.91 Å². The third-order valence-corrected chi connectivity index (χ3v) is 5.38. The molecule has 1 N–H and O–H groups in total. The van der Waals surface area contributed by atoms with E-state index in [2.05, 4.69) is 21.6 Å². The van der Waals surface area contributed by atoms with Crippen molar-refractivity contribution in [2.75, 3.05) is 11.1 Å². The van der Waals surface area contributed by atoms with Crippen molar-refractivity contribution < 1.29 is 9.72 Å². The second-order valence-electron chi connectivity index (χ2n) is 5.25. The van der Waals surface area contributed by atoms with Crippen molar-refractivity contribution in [1.29, 1.82) is 0 Å². The molecule has 0 saturated heterocycles. The first kappa shape index (κ1) is 18.1. The number of thioether (sulfide) groups is 1. The van der Waals surface area contributed by atoms with Gasteiger partial charge in [0, 0.05) is 17.5 Å². The molecule has 0 aliphatic rings. The standard InChI is InChI=1S/C16H15N5O3S2/c22-15(18-13-5-1-2-6-14(13)21(23)24)10-26-16-19-17-11-20(16)8-7-12-4-3-9-25-12/h1-6,9,11H,7-8,10H2,(H,18,22). The summed E-state index contributed by atoms with van der Waals surface area (Å²) in [4.78, 5) is 23.9. The zero-order valence-corrected chi connectivity index (χ0v) is 15.2. The number of aryl methyl sites for hydroxylation is 2. The van der Waals surface area contributed by atoms with Gasteiger partial charge in [0.1, 0.15) is 12.0 Å². The Labute approximate surface area is 157 Å². The fraction of sp³-hybridized carbons (Fsp3) is 0.188. The largest absolute Gasteiger partial charge is 0.320 e. The Morgan fingerprint density at radius 2 is 2.15 bits per heavy atom. The summed E-state index contributed by atoms with van der Waals surface area (Å²) in [5, 5.41) is 24.2. The van der Waals surface area contributed by atoms with Crippen LogP contribution in [0.1, 0.15) is 4.88 Å². The van der Waals surface area contributed by atoms with Crippen LogP contribution in [0.5, 0.6) is 0 Å². The van der Waals surface area contributed by atoms with Crippen LogP contribution in [0.3, 0.4) is 0 Å². The number of thiophene rings is 1. The summed E-state index contributed by atoms with van der Waals surface area (Å²) in [5.74, 6) is -0.249. The number of hydrogen-bond donors (Lipinski definition) is 1. The predicted octanol–water partition coefficient (Wildman–Crippen LogP) is 3.22. The Bertz CT molecular complexity index is 895. The molecule has 8 nitrogen and oxygen atoms in total. The number of nitrogens with one attached hydrogen (secondary N) is 1. The molecule has 2 heterocycles. The molecular weight excluding hydrogens is 374 g/mol. The van der Waals surface area contributed by atoms with E-state index in [1.807, 2.05) is 16.0 Å². The molecule has 0 spiro atoms. The molecule has 10 heteroatoms. The molecule has 0 atom stereocenters. The topological polar surface area (TPSA) is 103 Å². The van der Waals surface area contributed by atoms with Crippen LogP contribution < -0.4 is 5.32 Å². The predicted molar refractivity (Wildman–Crippen MR) is 100 cm³/mol. The summed E-state index contributed by atoms with van der Waals surface area (Å²) in [7, 11) is 0. The summed E-state index contributed by atoms with van der Waals surface area (Å²) in [6.07, 6.45) is 2.50. The Morgan fingerprint density at radius 1 is 1.31 bits per heavy atom. The minimum atomic E-state index is -0.524. The van der Waals surface area contributed by atoms with Gasteiger partial charge in [-0.2, -0.15) is 0 Å². The number of anilines is 1. The first-order valence-corrected chi connectivity index (χ1v) is 9.56. The van der Waals surface area contributed by atoms with Gasteiger partial charge in [-0.25, -0.2) is 0 Å². The van der Waals surface area contributed by atoms with Gasteiger partial charge < -0.3 is 9.88 Å². The average Bonchev–Trinajstić information content (AvgIpc) is 3.30. The lowest BCUT2D eigenvalue weighted by atomic mass is 10.2. The second kappa shape index (κ2) is 8.59. The van der Waals surface area contributed by atoms with Crippen LogP contribution in [-0.2, 0) is 17.8 Å². The van der Waals surface area contributed by atoms with Crippen LogP contribution in [0.25, 0.3) is 0 Å². The van der Waals surface area contributed by atoms with Gasteiger partial charge in [0.15, 0.2) is 5.16 Å². The lowest BCUT2D eigenvalue weighted by Gasteiger charge is -2.07. The molecule has 0 bridgehead atoms. The second-order valence-corrected chi connectivity index (χ2v) is 7.22. The van der Waals surface area contributed by atoms with Crippen LogP contribution in [0, 0.1) is 10.1 Å². The first-order chi connectivity index (χ1) is 12.6. The minimum absolute atomic E-state index is 0.0870. The van der Waals surface area contributed by atoms with Crippen LogP contribution in [-0.4, -0.2) is 31.3 Å². The molecule has 3 aromatic rings. The number of aromatic nitrogens is 3. The lowest BCUT2D eigenvalue weighted by Crippen LogP contribution is -2.15. The summed E-state index contributed by atoms with van der Waals surface area (Å²) in [6.45, 7) is 0.724. The number of hydrogen-bond acceptors (Lipinski definition) is 7. The molecule has 0 saturated carbocycles. The Hall–Kier alpha value is -2.72. The molecular formula is C16H15N5O3S2. The third kappa shape index (κ3) is 4.67. The fourth-order valence-electron chi connectivity index (χ4n) is 2.25. The van der Waals surface area contributed by atoms with Gasteiger partial charge in [0.05, 0.1) is 10.7 Å². The minimum Gasteiger partial charge on any atom is -0.320 e. The van der Waals surface area contributed by atoms with Crippen LogP contribution >= 0.6 is 23.1 Å². The van der Waals surface area contributed by atoms with E-state index in [0.29, 0.717) is 5.16 Å². The summed E-state index contributed by atoms with van der Waals surface area (Å²) in [6, 6.07) is 10.1. The zero-order valence-electron chi connectivity index (χ0n) is 13.6. The van der Waals surface area contributed by atoms with Crippen LogP contribution in [0.4, 0.5) is 11.4 Å². The highest BCUT2D eigenvalue weighted by Crippen LogP contribution is 2.24. The van der Waals surface area contributed by atoms with E-state index in [9.17, 15) is 14.9 Å². The van der Waals surface area contributed by atoms with E-state index in [4.69, 9.17) is 0 Å². The molecule has 0 fully saturated rings. The highest BCUT2D eigenvalue weighted by Gasteiger charge is 2.15. The fourth-order valence-corrected chi connectivity index (χ4v) is 3.69. The van der Waals surface area contributed by atoms with Gasteiger partial charge in [-0.3, -0.25) is 14.9 Å². The first-order valence-electron chi connectivity index (χ1n) is 7.70. The maximum atomic E-state index is 12.1. The quantitative estimate of drug-likeness (QED) is 0.360. The third-order valence-electron chi connectivity index (χ3n) is 3.47. The molecule has 134 valence electrons. The van der Waals surface area contributed by atoms with E-state index in [-0.39, 0.29) is 23.0 Å². The molecule has 0 aliphatic heterocycles. The highest BCUT2D eigenvalue weighted by atomic mass is 32.2. The van der Waals surface area contributed by atoms with Gasteiger partial charge in [-0.05, 0) is 23.9 Å². The molecule has 26 heavy (non-hydrogen) atoms. The van der Waals surface area contributed by atoms with Crippen molar-refractivity contribution >= 4 is 40.4 Å². The average molecular weight is 389 g/mol. The number of para-hydroxylation sites is 2. The van der Waals surface area contributed by atoms with Crippen LogP contribution in [0.2, 0.25) is 0 Å². The van der Waals surface area contributed by atoms with E-state index in [1.54, 1.807) is 29.8 Å². The number of nitrogens with zero attached hydrogens (tertiary/aromatic N) is 4. The smallest absolute Gasteiger partial charge is 0.292 e. The molecule has 3 rings (SSSR count). The van der Waals surface area contributed by atoms with Crippen molar-refractivity contribution in [2.45, 2.75) is 18.1 Å². The van der Waals surface area contributed by atoms with Crippen molar-refractivity contribution in [3.8, 4) is 0 Å². The van der Waals surface area contributed by atoms with Crippen LogP contribution in [0.15, 0.2) is 53.3 Å². The summed E-state index contributed by atoms with van der Waals surface area (Å²) >= 11 is 2.94. The SMILES string of the molecule is O=C(CSc1nncn1CCc1cccs1)Nc1ccccc1[N+](=O)[O-]. The maximum absolute atomic E-state index is 12.1. The Morgan fingerprint density at radius 3 is 2.92 bits per heavy atom. The number of nitro groups is 1. The van der Waals surface area contributed by atoms with Gasteiger partial charge in [0.25, 0.3) is 5.69 Å². The van der Waals surface area contributed by atoms with E-state index >= 15 is 0 Å². The van der Waals surface area contributed by atoms with E-state index in [1.165, 1.54) is 28.8 Å². The molecule has 1 amide bonds. The normalized spacial score (nSPS) is 10.6. The number of rotatable bonds is 8. The van der Waals surface area contributed by atoms with Crippen molar-refractivity contribution in [2.24, 2.45) is 0 Å². The van der Waals surface area contributed by atoms with Gasteiger partial charge >= 0.3 is 0 Å². The Kier molecular flexibility index (Phi) is 5.97. The molecule has 0 radical (unpaired) electrons. The maximum Gasteiger partial charge on any atom is 0.292 e. The Balaban J connectivity index is 1.55. The van der Waals surface area contributed by atoms with E-state index < -0.39 is 4.92 Å². The number of benzene rings is 1. The van der Waals surface area contributed by atoms with Crippen molar-refractivity contribution in [1.82, 2.24) is 14.8 Å². The van der Waals surface area contributed by atoms with Crippen molar-refractivity contribution in [3.05, 3.63) is 63.1 Å². The van der Waals surface area contributed by atoms with Gasteiger partial charge in [-0.15, -0.1) is 21.5 Å².